The zero-order valence-corrected chi connectivity index (χ0v) is 18.6. The number of carbonyl (C=O) groups excluding carboxylic acids is 1. The molecule has 2 aromatic rings. The summed E-state index contributed by atoms with van der Waals surface area (Å²) in [7, 11) is 0. The molecule has 5 heteroatoms. The highest BCUT2D eigenvalue weighted by atomic mass is 79.9. The number of unbranched alkanes of at least 4 members (excludes halogenated alkanes) is 3. The minimum absolute atomic E-state index is 0.166. The molecule has 0 aliphatic carbocycles. The highest BCUT2D eigenvalue weighted by Crippen LogP contribution is 2.25. The van der Waals surface area contributed by atoms with Gasteiger partial charge in [-0.3, -0.25) is 4.79 Å². The third-order valence-corrected chi connectivity index (χ3v) is 4.96. The summed E-state index contributed by atoms with van der Waals surface area (Å²) in [5.74, 6) is 1.21. The quantitative estimate of drug-likeness (QED) is 0.383. The standard InChI is InChI=1S/C23H30BrNO3/c1-4-6-7-8-15-27-22-14-9-18(24)16-21(22)23(26)25-19-10-12-20(13-11-19)28-17(3)5-2/h9-14,16-17H,4-8,15H2,1-3H3,(H,25,26). The van der Waals surface area contributed by atoms with Crippen molar-refractivity contribution in [3.05, 3.63) is 52.5 Å². The largest absolute Gasteiger partial charge is 0.493 e. The number of hydrogen-bond donors (Lipinski definition) is 1. The average Bonchev–Trinajstić information content (AvgIpc) is 2.70. The molecule has 0 saturated carbocycles. The van der Waals surface area contributed by atoms with Crippen LogP contribution in [0.2, 0.25) is 0 Å². The van der Waals surface area contributed by atoms with Crippen LogP contribution < -0.4 is 14.8 Å². The molecule has 0 bridgehead atoms. The van der Waals surface area contributed by atoms with Crippen LogP contribution in [0.5, 0.6) is 11.5 Å². The molecule has 0 aliphatic heterocycles. The fourth-order valence-corrected chi connectivity index (χ4v) is 3.01. The van der Waals surface area contributed by atoms with Crippen LogP contribution in [0.1, 0.15) is 63.2 Å². The van der Waals surface area contributed by atoms with Gasteiger partial charge in [-0.25, -0.2) is 0 Å². The molecule has 2 aromatic carbocycles. The van der Waals surface area contributed by atoms with E-state index < -0.39 is 0 Å². The van der Waals surface area contributed by atoms with Crippen molar-refractivity contribution in [2.75, 3.05) is 11.9 Å². The SMILES string of the molecule is CCCCCCOc1ccc(Br)cc1C(=O)Nc1ccc(OC(C)CC)cc1. The minimum atomic E-state index is -0.194. The topological polar surface area (TPSA) is 47.6 Å². The molecule has 0 spiro atoms. The molecule has 0 aromatic heterocycles. The molecular weight excluding hydrogens is 418 g/mol. The number of amides is 1. The molecule has 0 saturated heterocycles. The van der Waals surface area contributed by atoms with Crippen molar-refractivity contribution in [2.24, 2.45) is 0 Å². The first-order valence-corrected chi connectivity index (χ1v) is 10.8. The summed E-state index contributed by atoms with van der Waals surface area (Å²) in [5, 5.41) is 2.94. The van der Waals surface area contributed by atoms with Gasteiger partial charge in [0.1, 0.15) is 11.5 Å². The highest BCUT2D eigenvalue weighted by molar-refractivity contribution is 9.10. The van der Waals surface area contributed by atoms with Gasteiger partial charge < -0.3 is 14.8 Å². The van der Waals surface area contributed by atoms with Crippen LogP contribution in [-0.4, -0.2) is 18.6 Å². The Morgan fingerprint density at radius 1 is 1.07 bits per heavy atom. The van der Waals surface area contributed by atoms with Gasteiger partial charge in [-0.1, -0.05) is 49.0 Å². The Morgan fingerprint density at radius 2 is 1.82 bits per heavy atom. The number of anilines is 1. The van der Waals surface area contributed by atoms with Gasteiger partial charge in [-0.05, 0) is 62.2 Å². The lowest BCUT2D eigenvalue weighted by molar-refractivity contribution is 0.102. The van der Waals surface area contributed by atoms with E-state index in [0.717, 1.165) is 35.2 Å². The molecular formula is C23H30BrNO3. The summed E-state index contributed by atoms with van der Waals surface area (Å²) in [6, 6.07) is 12.9. The fourth-order valence-electron chi connectivity index (χ4n) is 2.65. The number of benzene rings is 2. The normalized spacial score (nSPS) is 11.7. The smallest absolute Gasteiger partial charge is 0.259 e. The Labute approximate surface area is 176 Å². The van der Waals surface area contributed by atoms with E-state index in [1.807, 2.05) is 43.3 Å². The van der Waals surface area contributed by atoms with E-state index in [9.17, 15) is 4.79 Å². The van der Waals surface area contributed by atoms with Crippen LogP contribution in [0.15, 0.2) is 46.9 Å². The number of hydrogen-bond acceptors (Lipinski definition) is 3. The van der Waals surface area contributed by atoms with E-state index in [1.165, 1.54) is 12.8 Å². The Morgan fingerprint density at radius 3 is 2.50 bits per heavy atom. The van der Waals surface area contributed by atoms with E-state index in [2.05, 4.69) is 35.1 Å². The molecule has 1 unspecified atom stereocenters. The molecule has 1 N–H and O–H groups in total. The maximum atomic E-state index is 12.8. The van der Waals surface area contributed by atoms with Crippen molar-refractivity contribution < 1.29 is 14.3 Å². The van der Waals surface area contributed by atoms with E-state index in [1.54, 1.807) is 6.07 Å². The third-order valence-electron chi connectivity index (χ3n) is 4.47. The molecule has 28 heavy (non-hydrogen) atoms. The van der Waals surface area contributed by atoms with Gasteiger partial charge in [0.05, 0.1) is 18.3 Å². The fraction of sp³-hybridized carbons (Fsp3) is 0.435. The van der Waals surface area contributed by atoms with Gasteiger partial charge in [0, 0.05) is 10.2 Å². The monoisotopic (exact) mass is 447 g/mol. The first-order chi connectivity index (χ1) is 13.5. The zero-order chi connectivity index (χ0) is 20.4. The second kappa shape index (κ2) is 11.7. The summed E-state index contributed by atoms with van der Waals surface area (Å²) in [6.07, 6.45) is 5.63. The van der Waals surface area contributed by atoms with E-state index >= 15 is 0 Å². The average molecular weight is 448 g/mol. The molecule has 0 aliphatic rings. The molecule has 0 fully saturated rings. The van der Waals surface area contributed by atoms with Crippen LogP contribution in [0.4, 0.5) is 5.69 Å². The van der Waals surface area contributed by atoms with Gasteiger partial charge in [-0.2, -0.15) is 0 Å². The van der Waals surface area contributed by atoms with Crippen LogP contribution in [0, 0.1) is 0 Å². The predicted octanol–water partition coefficient (Wildman–Crippen LogP) is 6.84. The Balaban J connectivity index is 2.01. The lowest BCUT2D eigenvalue weighted by Gasteiger charge is -2.14. The number of halogens is 1. The number of rotatable bonds is 11. The van der Waals surface area contributed by atoms with Crippen molar-refractivity contribution in [3.8, 4) is 11.5 Å². The van der Waals surface area contributed by atoms with Crippen LogP contribution in [0.25, 0.3) is 0 Å². The van der Waals surface area contributed by atoms with Crippen molar-refractivity contribution in [3.63, 3.8) is 0 Å². The van der Waals surface area contributed by atoms with Crippen LogP contribution in [0.3, 0.4) is 0 Å². The molecule has 2 rings (SSSR count). The first-order valence-electron chi connectivity index (χ1n) is 10.0. The van der Waals surface area contributed by atoms with Gasteiger partial charge in [0.25, 0.3) is 5.91 Å². The molecule has 152 valence electrons. The minimum Gasteiger partial charge on any atom is -0.493 e. The van der Waals surface area contributed by atoms with E-state index in [-0.39, 0.29) is 12.0 Å². The Hall–Kier alpha value is -2.01. The van der Waals surface area contributed by atoms with Crippen molar-refractivity contribution in [1.82, 2.24) is 0 Å². The summed E-state index contributed by atoms with van der Waals surface area (Å²) >= 11 is 3.44. The summed E-state index contributed by atoms with van der Waals surface area (Å²) < 4.78 is 12.5. The van der Waals surface area contributed by atoms with Gasteiger partial charge >= 0.3 is 0 Å². The zero-order valence-electron chi connectivity index (χ0n) is 17.0. The maximum Gasteiger partial charge on any atom is 0.259 e. The van der Waals surface area contributed by atoms with E-state index in [4.69, 9.17) is 9.47 Å². The predicted molar refractivity (Wildman–Crippen MR) is 119 cm³/mol. The lowest BCUT2D eigenvalue weighted by Crippen LogP contribution is -2.14. The van der Waals surface area contributed by atoms with Crippen LogP contribution in [-0.2, 0) is 0 Å². The Bertz CT molecular complexity index is 746. The van der Waals surface area contributed by atoms with Crippen molar-refractivity contribution in [2.45, 2.75) is 59.0 Å². The van der Waals surface area contributed by atoms with Crippen LogP contribution >= 0.6 is 15.9 Å². The number of nitrogens with one attached hydrogen (secondary N) is 1. The maximum absolute atomic E-state index is 12.8. The van der Waals surface area contributed by atoms with Crippen molar-refractivity contribution in [1.29, 1.82) is 0 Å². The number of ether oxygens (including phenoxy) is 2. The second-order valence-electron chi connectivity index (χ2n) is 6.86. The summed E-state index contributed by atoms with van der Waals surface area (Å²) in [5.41, 5.74) is 1.24. The number of carbonyl (C=O) groups is 1. The van der Waals surface area contributed by atoms with E-state index in [0.29, 0.717) is 17.9 Å². The lowest BCUT2D eigenvalue weighted by atomic mass is 10.1. The molecule has 4 nitrogen and oxygen atoms in total. The third kappa shape index (κ3) is 7.19. The van der Waals surface area contributed by atoms with Gasteiger partial charge in [0.2, 0.25) is 0 Å². The molecule has 0 heterocycles. The molecule has 0 radical (unpaired) electrons. The van der Waals surface area contributed by atoms with Gasteiger partial charge in [-0.15, -0.1) is 0 Å². The second-order valence-corrected chi connectivity index (χ2v) is 7.78. The summed E-state index contributed by atoms with van der Waals surface area (Å²) in [6.45, 7) is 6.91. The first kappa shape index (κ1) is 22.3. The van der Waals surface area contributed by atoms with Gasteiger partial charge in [0.15, 0.2) is 0 Å². The highest BCUT2D eigenvalue weighted by Gasteiger charge is 2.14. The molecule has 1 atom stereocenters. The molecule has 1 amide bonds. The summed E-state index contributed by atoms with van der Waals surface area (Å²) in [4.78, 5) is 12.8. The Kier molecular flexibility index (Phi) is 9.35. The van der Waals surface area contributed by atoms with Crippen molar-refractivity contribution >= 4 is 27.5 Å².